The zero-order chi connectivity index (χ0) is 17.3. The summed E-state index contributed by atoms with van der Waals surface area (Å²) in [6.07, 6.45) is 1.75. The molecule has 1 aliphatic rings. The second-order valence-corrected chi connectivity index (χ2v) is 6.83. The average Bonchev–Trinajstić information content (AvgIpc) is 2.79. The van der Waals surface area contributed by atoms with Gasteiger partial charge in [0.1, 0.15) is 0 Å². The molecular formula is C20H22N2O2. The summed E-state index contributed by atoms with van der Waals surface area (Å²) >= 11 is 0. The third kappa shape index (κ3) is 2.58. The van der Waals surface area contributed by atoms with E-state index in [2.05, 4.69) is 20.8 Å². The van der Waals surface area contributed by atoms with Crippen molar-refractivity contribution >= 4 is 24.2 Å². The predicted octanol–water partition coefficient (Wildman–Crippen LogP) is 3.49. The van der Waals surface area contributed by atoms with Crippen LogP contribution in [-0.4, -0.2) is 18.9 Å². The lowest BCUT2D eigenvalue weighted by Gasteiger charge is -2.27. The molecule has 0 aliphatic carbocycles. The third-order valence-corrected chi connectivity index (χ3v) is 5.18. The molecule has 2 aromatic rings. The van der Waals surface area contributed by atoms with Crippen molar-refractivity contribution in [3.63, 3.8) is 0 Å². The molecule has 0 radical (unpaired) electrons. The summed E-state index contributed by atoms with van der Waals surface area (Å²) in [6.45, 7) is 6.84. The Balaban J connectivity index is 1.97. The van der Waals surface area contributed by atoms with E-state index in [1.165, 1.54) is 0 Å². The molecule has 4 nitrogen and oxygen atoms in total. The van der Waals surface area contributed by atoms with Gasteiger partial charge in [-0.3, -0.25) is 9.59 Å². The Kier molecular flexibility index (Phi) is 4.14. The van der Waals surface area contributed by atoms with Crippen LogP contribution in [0.5, 0.6) is 0 Å². The SMILES string of the molecule is CC1N(C=O)c2ccc(N(C=O)Cc3ccccc3)cc2C1(C)C. The van der Waals surface area contributed by atoms with Crippen molar-refractivity contribution in [3.05, 3.63) is 59.7 Å². The van der Waals surface area contributed by atoms with E-state index in [0.29, 0.717) is 6.54 Å². The second kappa shape index (κ2) is 6.11. The van der Waals surface area contributed by atoms with Crippen molar-refractivity contribution in [2.75, 3.05) is 9.80 Å². The number of amides is 2. The van der Waals surface area contributed by atoms with E-state index >= 15 is 0 Å². The number of carbonyl (C=O) groups excluding carboxylic acids is 2. The molecular weight excluding hydrogens is 300 g/mol. The lowest BCUT2D eigenvalue weighted by atomic mass is 9.81. The Bertz CT molecular complexity index is 755. The monoisotopic (exact) mass is 322 g/mol. The van der Waals surface area contributed by atoms with Gasteiger partial charge in [-0.1, -0.05) is 44.2 Å². The van der Waals surface area contributed by atoms with Crippen LogP contribution < -0.4 is 9.80 Å². The van der Waals surface area contributed by atoms with Crippen LogP contribution in [0.3, 0.4) is 0 Å². The van der Waals surface area contributed by atoms with Crippen LogP contribution in [0.25, 0.3) is 0 Å². The van der Waals surface area contributed by atoms with Crippen LogP contribution in [0, 0.1) is 0 Å². The lowest BCUT2D eigenvalue weighted by molar-refractivity contribution is -0.108. The molecule has 2 amide bonds. The number of fused-ring (bicyclic) bond motifs is 1. The molecule has 24 heavy (non-hydrogen) atoms. The standard InChI is InChI=1S/C20H22N2O2/c1-15-20(2,3)18-11-17(9-10-19(18)22(15)14-24)21(13-23)12-16-7-5-4-6-8-16/h4-11,13-15H,12H2,1-3H3. The van der Waals surface area contributed by atoms with E-state index in [1.54, 1.807) is 9.80 Å². The Morgan fingerprint density at radius 3 is 2.46 bits per heavy atom. The van der Waals surface area contributed by atoms with Crippen molar-refractivity contribution in [1.82, 2.24) is 0 Å². The van der Waals surface area contributed by atoms with E-state index in [-0.39, 0.29) is 11.5 Å². The Hall–Kier alpha value is -2.62. The molecule has 3 rings (SSSR count). The van der Waals surface area contributed by atoms with Gasteiger partial charge in [0.2, 0.25) is 12.8 Å². The lowest BCUT2D eigenvalue weighted by Crippen LogP contribution is -2.38. The van der Waals surface area contributed by atoms with Crippen molar-refractivity contribution in [1.29, 1.82) is 0 Å². The highest BCUT2D eigenvalue weighted by Crippen LogP contribution is 2.45. The van der Waals surface area contributed by atoms with Gasteiger partial charge in [0.15, 0.2) is 0 Å². The molecule has 1 heterocycles. The number of hydrogen-bond acceptors (Lipinski definition) is 2. The van der Waals surface area contributed by atoms with Crippen molar-refractivity contribution in [2.24, 2.45) is 0 Å². The molecule has 124 valence electrons. The predicted molar refractivity (Wildman–Crippen MR) is 96.2 cm³/mol. The highest BCUT2D eigenvalue weighted by Gasteiger charge is 2.42. The average molecular weight is 322 g/mol. The number of carbonyl (C=O) groups is 2. The first kappa shape index (κ1) is 16.2. The fourth-order valence-electron chi connectivity index (χ4n) is 3.34. The van der Waals surface area contributed by atoms with E-state index in [1.807, 2.05) is 48.5 Å². The van der Waals surface area contributed by atoms with Gasteiger partial charge in [0.25, 0.3) is 0 Å². The molecule has 0 bridgehead atoms. The minimum absolute atomic E-state index is 0.0825. The van der Waals surface area contributed by atoms with Gasteiger partial charge in [-0.25, -0.2) is 0 Å². The Morgan fingerprint density at radius 1 is 1.12 bits per heavy atom. The largest absolute Gasteiger partial charge is 0.311 e. The second-order valence-electron chi connectivity index (χ2n) is 6.83. The first-order valence-corrected chi connectivity index (χ1v) is 8.13. The van der Waals surface area contributed by atoms with Crippen molar-refractivity contribution in [3.8, 4) is 0 Å². The molecule has 0 aromatic heterocycles. The maximum atomic E-state index is 11.6. The van der Waals surface area contributed by atoms with Crippen LogP contribution in [0.15, 0.2) is 48.5 Å². The number of benzene rings is 2. The van der Waals surface area contributed by atoms with Gasteiger partial charge >= 0.3 is 0 Å². The van der Waals surface area contributed by atoms with Gasteiger partial charge in [0.05, 0.1) is 6.54 Å². The van der Waals surface area contributed by atoms with Gasteiger partial charge < -0.3 is 9.80 Å². The highest BCUT2D eigenvalue weighted by molar-refractivity contribution is 5.85. The van der Waals surface area contributed by atoms with E-state index in [9.17, 15) is 9.59 Å². The van der Waals surface area contributed by atoms with Crippen LogP contribution in [0.2, 0.25) is 0 Å². The molecule has 0 saturated heterocycles. The normalized spacial score (nSPS) is 18.1. The number of rotatable bonds is 5. The van der Waals surface area contributed by atoms with E-state index in [4.69, 9.17) is 0 Å². The molecule has 4 heteroatoms. The maximum absolute atomic E-state index is 11.6. The minimum atomic E-state index is -0.159. The van der Waals surface area contributed by atoms with Crippen LogP contribution in [0.1, 0.15) is 31.9 Å². The van der Waals surface area contributed by atoms with Crippen LogP contribution in [-0.2, 0) is 21.5 Å². The third-order valence-electron chi connectivity index (χ3n) is 5.18. The van der Waals surface area contributed by atoms with Crippen LogP contribution >= 0.6 is 0 Å². The summed E-state index contributed by atoms with van der Waals surface area (Å²) in [5, 5.41) is 0. The summed E-state index contributed by atoms with van der Waals surface area (Å²) in [5.41, 5.74) is 3.79. The zero-order valence-electron chi connectivity index (χ0n) is 14.3. The molecule has 0 saturated carbocycles. The van der Waals surface area contributed by atoms with Crippen LogP contribution in [0.4, 0.5) is 11.4 Å². The van der Waals surface area contributed by atoms with E-state index < -0.39 is 0 Å². The first-order chi connectivity index (χ1) is 11.5. The smallest absolute Gasteiger partial charge is 0.214 e. The summed E-state index contributed by atoms with van der Waals surface area (Å²) in [6, 6.07) is 15.9. The zero-order valence-corrected chi connectivity index (χ0v) is 14.3. The van der Waals surface area contributed by atoms with Gasteiger partial charge in [0, 0.05) is 22.8 Å². The van der Waals surface area contributed by atoms with Gasteiger partial charge in [-0.05, 0) is 36.2 Å². The Morgan fingerprint density at radius 2 is 1.83 bits per heavy atom. The first-order valence-electron chi connectivity index (χ1n) is 8.13. The minimum Gasteiger partial charge on any atom is -0.311 e. The van der Waals surface area contributed by atoms with Crippen molar-refractivity contribution in [2.45, 2.75) is 38.8 Å². The van der Waals surface area contributed by atoms with E-state index in [0.717, 1.165) is 35.3 Å². The molecule has 1 atom stereocenters. The fourth-order valence-corrected chi connectivity index (χ4v) is 3.34. The quantitative estimate of drug-likeness (QED) is 0.791. The van der Waals surface area contributed by atoms with Crippen molar-refractivity contribution < 1.29 is 9.59 Å². The van der Waals surface area contributed by atoms with Gasteiger partial charge in [-0.15, -0.1) is 0 Å². The van der Waals surface area contributed by atoms with Gasteiger partial charge in [-0.2, -0.15) is 0 Å². The summed E-state index contributed by atoms with van der Waals surface area (Å²) in [5.74, 6) is 0. The summed E-state index contributed by atoms with van der Waals surface area (Å²) in [7, 11) is 0. The molecule has 0 N–H and O–H groups in total. The fraction of sp³-hybridized carbons (Fsp3) is 0.300. The number of nitrogens with zero attached hydrogens (tertiary/aromatic N) is 2. The molecule has 2 aromatic carbocycles. The molecule has 0 spiro atoms. The number of anilines is 2. The summed E-state index contributed by atoms with van der Waals surface area (Å²) in [4.78, 5) is 26.5. The summed E-state index contributed by atoms with van der Waals surface area (Å²) < 4.78 is 0. The highest BCUT2D eigenvalue weighted by atomic mass is 16.1. The number of hydrogen-bond donors (Lipinski definition) is 0. The molecule has 1 unspecified atom stereocenters. The molecule has 1 aliphatic heterocycles. The maximum Gasteiger partial charge on any atom is 0.214 e. The Labute approximate surface area is 142 Å². The molecule has 0 fully saturated rings. The topological polar surface area (TPSA) is 40.6 Å².